The fourth-order valence-electron chi connectivity index (χ4n) is 2.07. The molecule has 1 aromatic carbocycles. The second kappa shape index (κ2) is 3.13. The molecule has 0 saturated carbocycles. The molecule has 1 aliphatic heterocycles. The first kappa shape index (κ1) is 8.73. The maximum atomic E-state index is 11.6. The van der Waals surface area contributed by atoms with Gasteiger partial charge in [0.05, 0.1) is 20.1 Å². The lowest BCUT2D eigenvalue weighted by Gasteiger charge is -2.33. The van der Waals surface area contributed by atoms with E-state index in [9.17, 15) is 5.21 Å². The number of likely N-dealkylation sites (N-methyl/N-ethyl adjacent to an activating group) is 1. The van der Waals surface area contributed by atoms with Crippen molar-refractivity contribution in [2.75, 3.05) is 20.1 Å². The van der Waals surface area contributed by atoms with E-state index in [4.69, 9.17) is 0 Å². The predicted molar refractivity (Wildman–Crippen MR) is 53.1 cm³/mol. The Balaban J connectivity index is 2.13. The van der Waals surface area contributed by atoms with Crippen molar-refractivity contribution in [3.63, 3.8) is 0 Å². The number of benzene rings is 1. The maximum absolute atomic E-state index is 11.6. The molecule has 0 aliphatic carbocycles. The molecule has 1 aromatic rings. The summed E-state index contributed by atoms with van der Waals surface area (Å²) in [5.41, 5.74) is 1.32. The summed E-state index contributed by atoms with van der Waals surface area (Å²) in [5.74, 6) is 0.476. The zero-order valence-electron chi connectivity index (χ0n) is 7.94. The first-order valence-corrected chi connectivity index (χ1v) is 4.78. The summed E-state index contributed by atoms with van der Waals surface area (Å²) in [7, 11) is 1.77. The van der Waals surface area contributed by atoms with Gasteiger partial charge in [0, 0.05) is 12.3 Å². The molecule has 2 atom stereocenters. The van der Waals surface area contributed by atoms with Crippen molar-refractivity contribution < 1.29 is 4.65 Å². The molecule has 0 aromatic heterocycles. The summed E-state index contributed by atoms with van der Waals surface area (Å²) < 4.78 is -0.0699. The highest BCUT2D eigenvalue weighted by Gasteiger charge is 2.28. The molecule has 0 radical (unpaired) electrons. The topological polar surface area (TPSA) is 23.1 Å². The highest BCUT2D eigenvalue weighted by molar-refractivity contribution is 5.20. The summed E-state index contributed by atoms with van der Waals surface area (Å²) in [4.78, 5) is 0. The molecule has 0 amide bonds. The van der Waals surface area contributed by atoms with Crippen molar-refractivity contribution in [1.29, 1.82) is 0 Å². The molecular formula is C11H15NO. The standard InChI is InChI=1S/C11H15NO/c1-12(13)8-7-11(9-12)10-5-3-2-4-6-10/h2-6,11H,7-9H2,1H3. The lowest BCUT2D eigenvalue weighted by atomic mass is 9.99. The molecular weight excluding hydrogens is 162 g/mol. The maximum Gasteiger partial charge on any atom is 0.0853 e. The predicted octanol–water partition coefficient (Wildman–Crippen LogP) is 2.12. The number of likely N-dealkylation sites (tertiary alicyclic amines) is 1. The zero-order chi connectivity index (χ0) is 9.31. The Morgan fingerprint density at radius 1 is 1.31 bits per heavy atom. The average molecular weight is 177 g/mol. The lowest BCUT2D eigenvalue weighted by Crippen LogP contribution is -2.33. The Morgan fingerprint density at radius 3 is 2.54 bits per heavy atom. The van der Waals surface area contributed by atoms with Gasteiger partial charge in [-0.2, -0.15) is 0 Å². The van der Waals surface area contributed by atoms with Crippen LogP contribution >= 0.6 is 0 Å². The third kappa shape index (κ3) is 1.90. The number of hydroxylamine groups is 3. The van der Waals surface area contributed by atoms with Crippen LogP contribution in [-0.2, 0) is 0 Å². The van der Waals surface area contributed by atoms with Gasteiger partial charge in [0.15, 0.2) is 0 Å². The molecule has 70 valence electrons. The lowest BCUT2D eigenvalue weighted by molar-refractivity contribution is -0.848. The van der Waals surface area contributed by atoms with E-state index in [1.165, 1.54) is 5.56 Å². The van der Waals surface area contributed by atoms with Crippen LogP contribution in [0.15, 0.2) is 30.3 Å². The van der Waals surface area contributed by atoms with Crippen molar-refractivity contribution in [3.8, 4) is 0 Å². The van der Waals surface area contributed by atoms with Gasteiger partial charge in [-0.05, 0) is 5.56 Å². The van der Waals surface area contributed by atoms with Crippen molar-refractivity contribution in [3.05, 3.63) is 41.1 Å². The minimum absolute atomic E-state index is 0.0699. The van der Waals surface area contributed by atoms with Crippen LogP contribution in [0.3, 0.4) is 0 Å². The van der Waals surface area contributed by atoms with Crippen LogP contribution < -0.4 is 0 Å². The highest BCUT2D eigenvalue weighted by atomic mass is 16.5. The second-order valence-corrected chi connectivity index (χ2v) is 4.10. The zero-order valence-corrected chi connectivity index (χ0v) is 7.94. The Bertz CT molecular complexity index is 281. The van der Waals surface area contributed by atoms with Gasteiger partial charge in [-0.3, -0.25) is 0 Å². The first-order chi connectivity index (χ1) is 6.17. The number of rotatable bonds is 1. The van der Waals surface area contributed by atoms with Crippen LogP contribution in [0.4, 0.5) is 0 Å². The van der Waals surface area contributed by atoms with Gasteiger partial charge >= 0.3 is 0 Å². The van der Waals surface area contributed by atoms with Gasteiger partial charge in [-0.15, -0.1) is 0 Å². The largest absolute Gasteiger partial charge is 0.633 e. The Morgan fingerprint density at radius 2 is 2.00 bits per heavy atom. The number of nitrogens with zero attached hydrogens (tertiary/aromatic N) is 1. The Kier molecular flexibility index (Phi) is 2.10. The van der Waals surface area contributed by atoms with E-state index in [2.05, 4.69) is 12.1 Å². The van der Waals surface area contributed by atoms with Crippen molar-refractivity contribution in [2.45, 2.75) is 12.3 Å². The molecule has 1 aliphatic rings. The van der Waals surface area contributed by atoms with Crippen LogP contribution in [0.5, 0.6) is 0 Å². The van der Waals surface area contributed by atoms with Crippen LogP contribution in [-0.4, -0.2) is 24.8 Å². The summed E-state index contributed by atoms with van der Waals surface area (Å²) in [6, 6.07) is 10.3. The van der Waals surface area contributed by atoms with Crippen molar-refractivity contribution in [1.82, 2.24) is 0 Å². The fourth-order valence-corrected chi connectivity index (χ4v) is 2.07. The molecule has 2 heteroatoms. The molecule has 0 bridgehead atoms. The normalized spacial score (nSPS) is 33.5. The van der Waals surface area contributed by atoms with E-state index >= 15 is 0 Å². The smallest absolute Gasteiger partial charge is 0.0853 e. The first-order valence-electron chi connectivity index (χ1n) is 4.78. The Hall–Kier alpha value is -0.860. The van der Waals surface area contributed by atoms with E-state index in [-0.39, 0.29) is 4.65 Å². The van der Waals surface area contributed by atoms with Crippen LogP contribution in [0, 0.1) is 5.21 Å². The van der Waals surface area contributed by atoms with E-state index in [0.717, 1.165) is 19.5 Å². The van der Waals surface area contributed by atoms with Gasteiger partial charge in [0.1, 0.15) is 0 Å². The molecule has 2 unspecified atom stereocenters. The van der Waals surface area contributed by atoms with Crippen molar-refractivity contribution in [2.24, 2.45) is 0 Å². The van der Waals surface area contributed by atoms with Crippen molar-refractivity contribution >= 4 is 0 Å². The van der Waals surface area contributed by atoms with Gasteiger partial charge < -0.3 is 9.85 Å². The summed E-state index contributed by atoms with van der Waals surface area (Å²) in [6.45, 7) is 1.50. The average Bonchev–Trinajstić information content (AvgIpc) is 2.48. The molecule has 1 saturated heterocycles. The quantitative estimate of drug-likeness (QED) is 0.476. The molecule has 1 heterocycles. The number of hydrogen-bond acceptors (Lipinski definition) is 1. The third-order valence-electron chi connectivity index (χ3n) is 2.83. The van der Waals surface area contributed by atoms with E-state index < -0.39 is 0 Å². The van der Waals surface area contributed by atoms with Crippen LogP contribution in [0.1, 0.15) is 17.9 Å². The van der Waals surface area contributed by atoms with E-state index in [0.29, 0.717) is 5.92 Å². The molecule has 0 N–H and O–H groups in total. The summed E-state index contributed by atoms with van der Waals surface area (Å²) >= 11 is 0. The minimum atomic E-state index is -0.0699. The SMILES string of the molecule is C[N+]1([O-])CCC(c2ccccc2)C1. The molecule has 2 rings (SSSR count). The van der Waals surface area contributed by atoms with Crippen LogP contribution in [0.2, 0.25) is 0 Å². The number of hydrogen-bond donors (Lipinski definition) is 0. The monoisotopic (exact) mass is 177 g/mol. The fraction of sp³-hybridized carbons (Fsp3) is 0.455. The van der Waals surface area contributed by atoms with Crippen LogP contribution in [0.25, 0.3) is 0 Å². The van der Waals surface area contributed by atoms with Gasteiger partial charge in [-0.1, -0.05) is 30.3 Å². The molecule has 2 nitrogen and oxygen atoms in total. The number of quaternary nitrogens is 1. The second-order valence-electron chi connectivity index (χ2n) is 4.10. The van der Waals surface area contributed by atoms with Gasteiger partial charge in [0.25, 0.3) is 0 Å². The third-order valence-corrected chi connectivity index (χ3v) is 2.83. The highest BCUT2D eigenvalue weighted by Crippen LogP contribution is 2.29. The molecule has 0 spiro atoms. The molecule has 13 heavy (non-hydrogen) atoms. The van der Waals surface area contributed by atoms with E-state index in [1.54, 1.807) is 7.05 Å². The minimum Gasteiger partial charge on any atom is -0.633 e. The van der Waals surface area contributed by atoms with Gasteiger partial charge in [-0.25, -0.2) is 0 Å². The summed E-state index contributed by atoms with van der Waals surface area (Å²) in [6.07, 6.45) is 1.03. The van der Waals surface area contributed by atoms with Gasteiger partial charge in [0.2, 0.25) is 0 Å². The molecule has 1 fully saturated rings. The Labute approximate surface area is 79.0 Å². The van der Waals surface area contributed by atoms with E-state index in [1.807, 2.05) is 18.2 Å². The summed E-state index contributed by atoms with van der Waals surface area (Å²) in [5, 5.41) is 11.6.